The van der Waals surface area contributed by atoms with Gasteiger partial charge in [0.05, 0.1) is 19.0 Å². The predicted octanol–water partition coefficient (Wildman–Crippen LogP) is 0.641. The highest BCUT2D eigenvalue weighted by atomic mass is 16.6. The number of aromatic nitrogens is 4. The van der Waals surface area contributed by atoms with E-state index in [1.165, 1.54) is 6.33 Å². The molecule has 0 bridgehead atoms. The summed E-state index contributed by atoms with van der Waals surface area (Å²) in [6, 6.07) is 9.90. The number of nitrogens with zero attached hydrogens (tertiary/aromatic N) is 4. The molecule has 2 aliphatic rings. The molecule has 176 valence electrons. The van der Waals surface area contributed by atoms with Gasteiger partial charge in [0, 0.05) is 19.7 Å². The van der Waals surface area contributed by atoms with E-state index in [-0.39, 0.29) is 6.10 Å². The minimum Gasteiger partial charge on any atom is -0.394 e. The topological polar surface area (TPSA) is 147 Å². The van der Waals surface area contributed by atoms with E-state index in [0.29, 0.717) is 36.0 Å². The Balaban J connectivity index is 1.46. The molecule has 2 fully saturated rings. The number of ether oxygens (including phenoxy) is 2. The predicted molar refractivity (Wildman–Crippen MR) is 120 cm³/mol. The van der Waals surface area contributed by atoms with Gasteiger partial charge in [0.15, 0.2) is 23.2 Å². The average molecular weight is 457 g/mol. The van der Waals surface area contributed by atoms with Gasteiger partial charge in [-0.2, -0.15) is 9.97 Å². The van der Waals surface area contributed by atoms with E-state index >= 15 is 0 Å². The number of aliphatic hydroxyl groups is 3. The third kappa shape index (κ3) is 4.50. The van der Waals surface area contributed by atoms with Crippen LogP contribution in [-0.4, -0.2) is 79.0 Å². The van der Waals surface area contributed by atoms with Crippen molar-refractivity contribution in [3.05, 3.63) is 42.2 Å². The van der Waals surface area contributed by atoms with Crippen molar-refractivity contribution in [2.75, 3.05) is 30.4 Å². The fourth-order valence-electron chi connectivity index (χ4n) is 4.21. The summed E-state index contributed by atoms with van der Waals surface area (Å²) < 4.78 is 13.0. The van der Waals surface area contributed by atoms with Crippen molar-refractivity contribution in [3.8, 4) is 0 Å². The first-order chi connectivity index (χ1) is 16.1. The van der Waals surface area contributed by atoms with Crippen LogP contribution in [0.1, 0.15) is 24.6 Å². The molecule has 5 rings (SSSR count). The number of hydrogen-bond acceptors (Lipinski definition) is 10. The molecule has 0 aliphatic carbocycles. The second-order valence-electron chi connectivity index (χ2n) is 8.30. The van der Waals surface area contributed by atoms with E-state index in [2.05, 4.69) is 25.6 Å². The Labute approximate surface area is 190 Å². The van der Waals surface area contributed by atoms with Gasteiger partial charge in [0.25, 0.3) is 0 Å². The second kappa shape index (κ2) is 9.57. The van der Waals surface area contributed by atoms with Gasteiger partial charge in [0.2, 0.25) is 5.95 Å². The van der Waals surface area contributed by atoms with Gasteiger partial charge >= 0.3 is 0 Å². The largest absolute Gasteiger partial charge is 0.394 e. The SMILES string of the molecule is OC[C@H]1OC(n2cnc3c(NCC4CCCO4)nc(NCc4ccccc4)nc32)[C@H](O)[C@@H]1O. The van der Waals surface area contributed by atoms with E-state index < -0.39 is 31.1 Å². The first-order valence-electron chi connectivity index (χ1n) is 11.1. The fraction of sp³-hybridized carbons (Fsp3) is 0.500. The quantitative estimate of drug-likeness (QED) is 0.327. The van der Waals surface area contributed by atoms with Crippen LogP contribution in [0.3, 0.4) is 0 Å². The molecule has 33 heavy (non-hydrogen) atoms. The Kier molecular flexibility index (Phi) is 6.38. The van der Waals surface area contributed by atoms with Crippen molar-refractivity contribution >= 4 is 22.9 Å². The lowest BCUT2D eigenvalue weighted by molar-refractivity contribution is -0.0511. The molecule has 0 saturated carbocycles. The van der Waals surface area contributed by atoms with Crippen molar-refractivity contribution in [3.63, 3.8) is 0 Å². The van der Waals surface area contributed by atoms with Gasteiger partial charge in [-0.1, -0.05) is 30.3 Å². The summed E-state index contributed by atoms with van der Waals surface area (Å²) in [6.45, 7) is 1.47. The van der Waals surface area contributed by atoms with Gasteiger partial charge in [-0.05, 0) is 18.4 Å². The molecule has 11 nitrogen and oxygen atoms in total. The summed E-state index contributed by atoms with van der Waals surface area (Å²) in [5.74, 6) is 0.922. The average Bonchev–Trinajstić information content (AvgIpc) is 3.57. The van der Waals surface area contributed by atoms with E-state index in [0.717, 1.165) is 25.0 Å². The van der Waals surface area contributed by atoms with Crippen LogP contribution in [0.15, 0.2) is 36.7 Å². The molecule has 0 amide bonds. The number of nitrogens with one attached hydrogen (secondary N) is 2. The molecule has 2 saturated heterocycles. The lowest BCUT2D eigenvalue weighted by atomic mass is 10.1. The fourth-order valence-corrected chi connectivity index (χ4v) is 4.21. The van der Waals surface area contributed by atoms with E-state index in [4.69, 9.17) is 9.47 Å². The number of imidazole rings is 1. The molecule has 5 N–H and O–H groups in total. The molecular weight excluding hydrogens is 428 g/mol. The summed E-state index contributed by atoms with van der Waals surface area (Å²) in [7, 11) is 0. The summed E-state index contributed by atoms with van der Waals surface area (Å²) in [4.78, 5) is 13.7. The van der Waals surface area contributed by atoms with Gasteiger partial charge in [-0.3, -0.25) is 4.57 Å². The Morgan fingerprint density at radius 3 is 2.67 bits per heavy atom. The Morgan fingerprint density at radius 1 is 1.09 bits per heavy atom. The van der Waals surface area contributed by atoms with Gasteiger partial charge in [0.1, 0.15) is 18.3 Å². The zero-order valence-corrected chi connectivity index (χ0v) is 18.0. The van der Waals surface area contributed by atoms with Crippen molar-refractivity contribution in [2.24, 2.45) is 0 Å². The molecule has 0 spiro atoms. The van der Waals surface area contributed by atoms with E-state index in [1.807, 2.05) is 30.3 Å². The van der Waals surface area contributed by atoms with Gasteiger partial charge in [-0.15, -0.1) is 0 Å². The first kappa shape index (κ1) is 22.0. The van der Waals surface area contributed by atoms with Crippen LogP contribution in [0, 0.1) is 0 Å². The number of rotatable bonds is 8. The third-order valence-corrected chi connectivity index (χ3v) is 6.03. The minimum atomic E-state index is -1.24. The zero-order chi connectivity index (χ0) is 22.8. The lowest BCUT2D eigenvalue weighted by Crippen LogP contribution is -2.33. The van der Waals surface area contributed by atoms with Gasteiger partial charge < -0.3 is 35.4 Å². The van der Waals surface area contributed by atoms with Crippen LogP contribution in [-0.2, 0) is 16.0 Å². The standard InChI is InChI=1S/C22H28N6O5/c29-11-15-17(30)18(31)21(33-15)28-12-25-16-19(23-10-14-7-4-8-32-14)26-22(27-20(16)28)24-9-13-5-2-1-3-6-13/h1-3,5-6,12,14-15,17-18,21,29-31H,4,7-11H2,(H2,23,24,26,27)/t14?,15-,17-,18-,21?/m1/s1. The monoisotopic (exact) mass is 456 g/mol. The summed E-state index contributed by atoms with van der Waals surface area (Å²) >= 11 is 0. The zero-order valence-electron chi connectivity index (χ0n) is 18.0. The lowest BCUT2D eigenvalue weighted by Gasteiger charge is -2.17. The van der Waals surface area contributed by atoms with Crippen LogP contribution in [0.4, 0.5) is 11.8 Å². The molecular formula is C22H28N6O5. The summed E-state index contributed by atoms with van der Waals surface area (Å²) in [5, 5.41) is 36.7. The molecule has 2 aromatic heterocycles. The molecule has 1 aromatic carbocycles. The van der Waals surface area contributed by atoms with Crippen LogP contribution >= 0.6 is 0 Å². The maximum atomic E-state index is 10.5. The van der Waals surface area contributed by atoms with Crippen molar-refractivity contribution in [2.45, 2.75) is 50.0 Å². The molecule has 2 unspecified atom stereocenters. The Hall–Kier alpha value is -2.83. The molecule has 3 aromatic rings. The minimum absolute atomic E-state index is 0.110. The Morgan fingerprint density at radius 2 is 1.94 bits per heavy atom. The smallest absolute Gasteiger partial charge is 0.227 e. The molecule has 5 atom stereocenters. The van der Waals surface area contributed by atoms with E-state index in [9.17, 15) is 15.3 Å². The number of anilines is 2. The maximum Gasteiger partial charge on any atom is 0.227 e. The Bertz CT molecular complexity index is 1070. The maximum absolute atomic E-state index is 10.5. The first-order valence-corrected chi connectivity index (χ1v) is 11.1. The summed E-state index contributed by atoms with van der Waals surface area (Å²) in [6.07, 6.45) is -0.657. The summed E-state index contributed by atoms with van der Waals surface area (Å²) in [5.41, 5.74) is 2.02. The highest BCUT2D eigenvalue weighted by Crippen LogP contribution is 2.33. The highest BCUT2D eigenvalue weighted by Gasteiger charge is 2.44. The van der Waals surface area contributed by atoms with Crippen LogP contribution in [0.2, 0.25) is 0 Å². The molecule has 4 heterocycles. The van der Waals surface area contributed by atoms with Crippen molar-refractivity contribution in [1.29, 1.82) is 0 Å². The van der Waals surface area contributed by atoms with Gasteiger partial charge in [-0.25, -0.2) is 4.98 Å². The second-order valence-corrected chi connectivity index (χ2v) is 8.30. The van der Waals surface area contributed by atoms with Crippen molar-refractivity contribution in [1.82, 2.24) is 19.5 Å². The normalized spacial score (nSPS) is 27.3. The number of benzene rings is 1. The van der Waals surface area contributed by atoms with Crippen LogP contribution < -0.4 is 10.6 Å². The number of fused-ring (bicyclic) bond motifs is 1. The van der Waals surface area contributed by atoms with E-state index in [1.54, 1.807) is 4.57 Å². The van der Waals surface area contributed by atoms with Crippen LogP contribution in [0.25, 0.3) is 11.2 Å². The molecule has 2 aliphatic heterocycles. The van der Waals surface area contributed by atoms with Crippen LogP contribution in [0.5, 0.6) is 0 Å². The number of hydrogen-bond donors (Lipinski definition) is 5. The highest BCUT2D eigenvalue weighted by molar-refractivity contribution is 5.84. The van der Waals surface area contributed by atoms with Crippen molar-refractivity contribution < 1.29 is 24.8 Å². The molecule has 11 heteroatoms. The molecule has 0 radical (unpaired) electrons. The number of aliphatic hydroxyl groups excluding tert-OH is 3. The third-order valence-electron chi connectivity index (χ3n) is 6.03.